The molecule has 0 saturated carbocycles. The lowest BCUT2D eigenvalue weighted by molar-refractivity contribution is 0.454. The van der Waals surface area contributed by atoms with Gasteiger partial charge < -0.3 is 10.3 Å². The number of benzene rings is 1. The molecule has 1 aromatic heterocycles. The average Bonchev–Trinajstić information content (AvgIpc) is 2.68. The quantitative estimate of drug-likeness (QED) is 0.828. The summed E-state index contributed by atoms with van der Waals surface area (Å²) < 4.78 is 14.3. The van der Waals surface area contributed by atoms with E-state index in [4.69, 9.17) is 0 Å². The van der Waals surface area contributed by atoms with Crippen LogP contribution in [0.3, 0.4) is 0 Å². The van der Waals surface area contributed by atoms with Crippen molar-refractivity contribution in [2.24, 2.45) is 0 Å². The van der Waals surface area contributed by atoms with Crippen LogP contribution in [0.5, 0.6) is 0 Å². The Bertz CT molecular complexity index is 544. The average molecular weight is 297 g/mol. The highest BCUT2D eigenvalue weighted by molar-refractivity contribution is 9.10. The first kappa shape index (κ1) is 11.2. The van der Waals surface area contributed by atoms with Gasteiger partial charge in [0.1, 0.15) is 5.82 Å². The smallest absolute Gasteiger partial charge is 0.123 e. The van der Waals surface area contributed by atoms with Crippen molar-refractivity contribution in [2.75, 3.05) is 13.1 Å². The van der Waals surface area contributed by atoms with Crippen molar-refractivity contribution in [3.63, 3.8) is 0 Å². The van der Waals surface area contributed by atoms with Gasteiger partial charge in [-0.25, -0.2) is 4.39 Å². The minimum Gasteiger partial charge on any atom is -0.357 e. The van der Waals surface area contributed by atoms with Gasteiger partial charge in [0.2, 0.25) is 0 Å². The number of hydrogen-bond donors (Lipinski definition) is 2. The SMILES string of the molecule is Fc1ccc2[nH]c(C3CCNCC3)c(Br)c2c1. The number of halogens is 2. The first-order chi connectivity index (χ1) is 8.25. The van der Waals surface area contributed by atoms with Crippen molar-refractivity contribution in [1.29, 1.82) is 0 Å². The van der Waals surface area contributed by atoms with Gasteiger partial charge in [-0.2, -0.15) is 0 Å². The summed E-state index contributed by atoms with van der Waals surface area (Å²) in [7, 11) is 0. The lowest BCUT2D eigenvalue weighted by Crippen LogP contribution is -2.26. The largest absolute Gasteiger partial charge is 0.357 e. The van der Waals surface area contributed by atoms with Crippen molar-refractivity contribution >= 4 is 26.8 Å². The van der Waals surface area contributed by atoms with E-state index in [0.29, 0.717) is 5.92 Å². The molecule has 0 atom stereocenters. The van der Waals surface area contributed by atoms with Crippen molar-refractivity contribution in [3.05, 3.63) is 34.2 Å². The Labute approximate surface area is 108 Å². The molecule has 2 aromatic rings. The summed E-state index contributed by atoms with van der Waals surface area (Å²) in [6.07, 6.45) is 2.27. The molecule has 0 amide bonds. The molecule has 17 heavy (non-hydrogen) atoms. The molecule has 0 aliphatic carbocycles. The van der Waals surface area contributed by atoms with Crippen LogP contribution in [0, 0.1) is 5.82 Å². The highest BCUT2D eigenvalue weighted by Gasteiger charge is 2.20. The summed E-state index contributed by atoms with van der Waals surface area (Å²) in [6.45, 7) is 2.11. The summed E-state index contributed by atoms with van der Waals surface area (Å²) in [6, 6.07) is 4.89. The van der Waals surface area contributed by atoms with Gasteiger partial charge in [-0.1, -0.05) is 0 Å². The maximum absolute atomic E-state index is 13.2. The van der Waals surface area contributed by atoms with E-state index in [1.54, 1.807) is 12.1 Å². The van der Waals surface area contributed by atoms with Crippen molar-refractivity contribution < 1.29 is 4.39 Å². The molecule has 0 radical (unpaired) electrons. The van der Waals surface area contributed by atoms with Crippen LogP contribution in [-0.4, -0.2) is 18.1 Å². The second-order valence-corrected chi connectivity index (χ2v) is 5.36. The zero-order valence-corrected chi connectivity index (χ0v) is 11.0. The van der Waals surface area contributed by atoms with E-state index in [1.807, 2.05) is 0 Å². The molecular weight excluding hydrogens is 283 g/mol. The highest BCUT2D eigenvalue weighted by atomic mass is 79.9. The lowest BCUT2D eigenvalue weighted by Gasteiger charge is -2.22. The molecule has 1 saturated heterocycles. The molecule has 0 spiro atoms. The molecule has 1 aromatic carbocycles. The van der Waals surface area contributed by atoms with Gasteiger partial charge in [0, 0.05) is 27.0 Å². The number of fused-ring (bicyclic) bond motifs is 1. The second-order valence-electron chi connectivity index (χ2n) is 4.57. The van der Waals surface area contributed by atoms with Crippen LogP contribution >= 0.6 is 15.9 Å². The zero-order valence-electron chi connectivity index (χ0n) is 9.39. The first-order valence-corrected chi connectivity index (χ1v) is 6.72. The van der Waals surface area contributed by atoms with E-state index in [9.17, 15) is 4.39 Å². The highest BCUT2D eigenvalue weighted by Crippen LogP contribution is 2.36. The van der Waals surface area contributed by atoms with Gasteiger partial charge in [-0.15, -0.1) is 0 Å². The number of aromatic nitrogens is 1. The fourth-order valence-corrected chi connectivity index (χ4v) is 3.29. The second kappa shape index (κ2) is 4.42. The van der Waals surface area contributed by atoms with E-state index >= 15 is 0 Å². The van der Waals surface area contributed by atoms with Crippen LogP contribution in [0.25, 0.3) is 10.9 Å². The van der Waals surface area contributed by atoms with E-state index in [2.05, 4.69) is 26.2 Å². The molecule has 0 unspecified atom stereocenters. The minimum atomic E-state index is -0.186. The summed E-state index contributed by atoms with van der Waals surface area (Å²) in [5, 5.41) is 4.30. The van der Waals surface area contributed by atoms with Crippen LogP contribution in [0.4, 0.5) is 4.39 Å². The molecule has 3 rings (SSSR count). The predicted molar refractivity (Wildman–Crippen MR) is 70.8 cm³/mol. The fraction of sp³-hybridized carbons (Fsp3) is 0.385. The number of aromatic amines is 1. The number of piperidine rings is 1. The number of H-pyrrole nitrogens is 1. The maximum Gasteiger partial charge on any atom is 0.123 e. The molecule has 4 heteroatoms. The van der Waals surface area contributed by atoms with Gasteiger partial charge in [0.25, 0.3) is 0 Å². The Kier molecular flexibility index (Phi) is 2.92. The van der Waals surface area contributed by atoms with E-state index in [-0.39, 0.29) is 5.82 Å². The summed E-state index contributed by atoms with van der Waals surface area (Å²) in [5.41, 5.74) is 2.22. The van der Waals surface area contributed by atoms with E-state index < -0.39 is 0 Å². The molecule has 90 valence electrons. The molecule has 2 N–H and O–H groups in total. The van der Waals surface area contributed by atoms with Gasteiger partial charge in [0.15, 0.2) is 0 Å². The number of rotatable bonds is 1. The third-order valence-electron chi connectivity index (χ3n) is 3.47. The number of hydrogen-bond acceptors (Lipinski definition) is 1. The monoisotopic (exact) mass is 296 g/mol. The van der Waals surface area contributed by atoms with Gasteiger partial charge in [0.05, 0.1) is 0 Å². The Balaban J connectivity index is 2.07. The molecule has 0 bridgehead atoms. The molecule has 1 aliphatic rings. The summed E-state index contributed by atoms with van der Waals surface area (Å²) >= 11 is 3.60. The third-order valence-corrected chi connectivity index (χ3v) is 4.33. The van der Waals surface area contributed by atoms with Crippen LogP contribution in [0.1, 0.15) is 24.5 Å². The van der Waals surface area contributed by atoms with Crippen LogP contribution in [-0.2, 0) is 0 Å². The standard InChI is InChI=1S/C13H14BrFN2/c14-12-10-7-9(15)1-2-11(10)17-13(12)8-3-5-16-6-4-8/h1-2,7-8,16-17H,3-6H2. The van der Waals surface area contributed by atoms with Crippen LogP contribution < -0.4 is 5.32 Å². The Hall–Kier alpha value is -0.870. The normalized spacial score (nSPS) is 17.8. The topological polar surface area (TPSA) is 27.8 Å². The van der Waals surface area contributed by atoms with E-state index in [0.717, 1.165) is 41.3 Å². The molecule has 1 aliphatic heterocycles. The maximum atomic E-state index is 13.2. The number of nitrogens with one attached hydrogen (secondary N) is 2. The Morgan fingerprint density at radius 2 is 2.00 bits per heavy atom. The predicted octanol–water partition coefficient (Wildman–Crippen LogP) is 3.54. The van der Waals surface area contributed by atoms with E-state index in [1.165, 1.54) is 11.8 Å². The van der Waals surface area contributed by atoms with Crippen molar-refractivity contribution in [3.8, 4) is 0 Å². The molecule has 2 nitrogen and oxygen atoms in total. The fourth-order valence-electron chi connectivity index (χ4n) is 2.54. The molecule has 2 heterocycles. The summed E-state index contributed by atoms with van der Waals surface area (Å²) in [5.74, 6) is 0.357. The van der Waals surface area contributed by atoms with Gasteiger partial charge in [-0.3, -0.25) is 0 Å². The molecular formula is C13H14BrFN2. The zero-order chi connectivity index (χ0) is 11.8. The lowest BCUT2D eigenvalue weighted by atomic mass is 9.95. The van der Waals surface area contributed by atoms with Crippen LogP contribution in [0.2, 0.25) is 0 Å². The van der Waals surface area contributed by atoms with Gasteiger partial charge >= 0.3 is 0 Å². The molecule has 1 fully saturated rings. The van der Waals surface area contributed by atoms with Crippen molar-refractivity contribution in [1.82, 2.24) is 10.3 Å². The van der Waals surface area contributed by atoms with Crippen LogP contribution in [0.15, 0.2) is 22.7 Å². The third kappa shape index (κ3) is 2.00. The minimum absolute atomic E-state index is 0.186. The Morgan fingerprint density at radius 1 is 1.24 bits per heavy atom. The van der Waals surface area contributed by atoms with Gasteiger partial charge in [-0.05, 0) is 60.1 Å². The Morgan fingerprint density at radius 3 is 2.76 bits per heavy atom. The van der Waals surface area contributed by atoms with Crippen molar-refractivity contribution in [2.45, 2.75) is 18.8 Å². The first-order valence-electron chi connectivity index (χ1n) is 5.93. The summed E-state index contributed by atoms with van der Waals surface area (Å²) in [4.78, 5) is 3.42.